The maximum Gasteiger partial charge on any atom is 0.270 e. The summed E-state index contributed by atoms with van der Waals surface area (Å²) in [6, 6.07) is 14.4. The SMILES string of the molecule is O=C(Cc1ccc(F)cc1)Nc1cc(C(=O)NCc2ccc(-c3nn[nH]n3)cc2)ncn1. The fraction of sp³-hybridized carbons (Fsp3) is 0.0952. The second-order valence-corrected chi connectivity index (χ2v) is 6.75. The summed E-state index contributed by atoms with van der Waals surface area (Å²) in [6.07, 6.45) is 1.24. The van der Waals surface area contributed by atoms with E-state index in [9.17, 15) is 14.0 Å². The molecule has 160 valence electrons. The molecule has 0 aliphatic heterocycles. The molecule has 10 nitrogen and oxygen atoms in total. The number of hydrogen-bond acceptors (Lipinski definition) is 7. The summed E-state index contributed by atoms with van der Waals surface area (Å²) in [7, 11) is 0. The molecule has 3 N–H and O–H groups in total. The monoisotopic (exact) mass is 432 g/mol. The highest BCUT2D eigenvalue weighted by molar-refractivity contribution is 5.95. The number of hydrogen-bond donors (Lipinski definition) is 3. The van der Waals surface area contributed by atoms with Gasteiger partial charge in [0.1, 0.15) is 23.7 Å². The number of aromatic amines is 1. The van der Waals surface area contributed by atoms with Crippen LogP contribution >= 0.6 is 0 Å². The van der Waals surface area contributed by atoms with Crippen LogP contribution in [0.3, 0.4) is 0 Å². The number of carbonyl (C=O) groups excluding carboxylic acids is 2. The molecule has 0 unspecified atom stereocenters. The molecule has 0 atom stereocenters. The fourth-order valence-electron chi connectivity index (χ4n) is 2.85. The third kappa shape index (κ3) is 5.33. The van der Waals surface area contributed by atoms with Crippen LogP contribution in [0.15, 0.2) is 60.9 Å². The van der Waals surface area contributed by atoms with E-state index in [4.69, 9.17) is 0 Å². The number of rotatable bonds is 7. The third-order valence-electron chi connectivity index (χ3n) is 4.46. The first-order valence-corrected chi connectivity index (χ1v) is 9.54. The molecule has 11 heteroatoms. The van der Waals surface area contributed by atoms with Crippen LogP contribution in [0.4, 0.5) is 10.2 Å². The van der Waals surface area contributed by atoms with Crippen LogP contribution in [0, 0.1) is 5.82 Å². The predicted molar refractivity (Wildman–Crippen MR) is 112 cm³/mol. The quantitative estimate of drug-likeness (QED) is 0.405. The molecule has 0 aliphatic carbocycles. The van der Waals surface area contributed by atoms with Gasteiger partial charge in [0.05, 0.1) is 6.42 Å². The van der Waals surface area contributed by atoms with E-state index < -0.39 is 5.91 Å². The molecule has 0 aliphatic rings. The third-order valence-corrected chi connectivity index (χ3v) is 4.46. The topological polar surface area (TPSA) is 138 Å². The summed E-state index contributed by atoms with van der Waals surface area (Å²) in [6.45, 7) is 0.279. The molecule has 2 amide bonds. The van der Waals surface area contributed by atoms with E-state index in [1.807, 2.05) is 24.3 Å². The Kier molecular flexibility index (Phi) is 6.16. The van der Waals surface area contributed by atoms with Gasteiger partial charge >= 0.3 is 0 Å². The lowest BCUT2D eigenvalue weighted by molar-refractivity contribution is -0.115. The number of anilines is 1. The van der Waals surface area contributed by atoms with Crippen LogP contribution in [0.2, 0.25) is 0 Å². The summed E-state index contributed by atoms with van der Waals surface area (Å²) >= 11 is 0. The lowest BCUT2D eigenvalue weighted by Crippen LogP contribution is -2.24. The highest BCUT2D eigenvalue weighted by Gasteiger charge is 2.11. The number of aromatic nitrogens is 6. The minimum absolute atomic E-state index is 0.0473. The minimum Gasteiger partial charge on any atom is -0.347 e. The number of tetrazole rings is 1. The zero-order valence-corrected chi connectivity index (χ0v) is 16.6. The Morgan fingerprint density at radius 2 is 1.72 bits per heavy atom. The van der Waals surface area contributed by atoms with Gasteiger partial charge in [-0.15, -0.1) is 10.2 Å². The van der Waals surface area contributed by atoms with Gasteiger partial charge in [0, 0.05) is 18.2 Å². The van der Waals surface area contributed by atoms with Gasteiger partial charge in [0.2, 0.25) is 11.7 Å². The van der Waals surface area contributed by atoms with Crippen molar-refractivity contribution in [2.45, 2.75) is 13.0 Å². The van der Waals surface area contributed by atoms with Crippen molar-refractivity contribution in [1.29, 1.82) is 0 Å². The van der Waals surface area contributed by atoms with Gasteiger partial charge in [-0.05, 0) is 28.5 Å². The zero-order valence-electron chi connectivity index (χ0n) is 16.6. The lowest BCUT2D eigenvalue weighted by atomic mass is 10.1. The smallest absolute Gasteiger partial charge is 0.270 e. The molecule has 0 saturated heterocycles. The van der Waals surface area contributed by atoms with E-state index in [1.54, 1.807) is 0 Å². The Labute approximate surface area is 181 Å². The van der Waals surface area contributed by atoms with Crippen LogP contribution in [-0.4, -0.2) is 42.4 Å². The molecule has 2 aromatic carbocycles. The predicted octanol–water partition coefficient (Wildman–Crippen LogP) is 1.91. The molecule has 4 aromatic rings. The normalized spacial score (nSPS) is 10.5. The van der Waals surface area contributed by atoms with Crippen LogP contribution in [0.5, 0.6) is 0 Å². The number of carbonyl (C=O) groups is 2. The molecule has 4 rings (SSSR count). The largest absolute Gasteiger partial charge is 0.347 e. The van der Waals surface area contributed by atoms with Crippen molar-refractivity contribution in [2.75, 3.05) is 5.32 Å². The van der Waals surface area contributed by atoms with Gasteiger partial charge in [-0.1, -0.05) is 36.4 Å². The van der Waals surface area contributed by atoms with E-state index in [2.05, 4.69) is 41.2 Å². The highest BCUT2D eigenvalue weighted by Crippen LogP contribution is 2.14. The average Bonchev–Trinajstić information content (AvgIpc) is 3.34. The Morgan fingerprint density at radius 1 is 0.969 bits per heavy atom. The van der Waals surface area contributed by atoms with Gasteiger partial charge in [-0.25, -0.2) is 14.4 Å². The van der Waals surface area contributed by atoms with Gasteiger partial charge in [-0.2, -0.15) is 5.21 Å². The number of nitrogens with zero attached hydrogens (tertiary/aromatic N) is 5. The van der Waals surface area contributed by atoms with Gasteiger partial charge < -0.3 is 10.6 Å². The number of amides is 2. The summed E-state index contributed by atoms with van der Waals surface area (Å²) in [5.41, 5.74) is 2.43. The number of H-pyrrole nitrogens is 1. The van der Waals surface area contributed by atoms with Crippen molar-refractivity contribution in [1.82, 2.24) is 35.9 Å². The van der Waals surface area contributed by atoms with Crippen molar-refractivity contribution in [3.63, 3.8) is 0 Å². The maximum atomic E-state index is 13.0. The van der Waals surface area contributed by atoms with E-state index in [-0.39, 0.29) is 36.2 Å². The van der Waals surface area contributed by atoms with Crippen LogP contribution in [-0.2, 0) is 17.8 Å². The van der Waals surface area contributed by atoms with E-state index in [0.717, 1.165) is 11.1 Å². The van der Waals surface area contributed by atoms with Crippen molar-refractivity contribution in [2.24, 2.45) is 0 Å². The fourth-order valence-corrected chi connectivity index (χ4v) is 2.85. The van der Waals surface area contributed by atoms with Crippen molar-refractivity contribution >= 4 is 17.6 Å². The first kappa shape index (κ1) is 20.7. The number of halogens is 1. The second kappa shape index (κ2) is 9.51. The standard InChI is InChI=1S/C21H17FN8O2/c22-16-7-3-13(4-8-16)9-19(31)26-18-10-17(24-12-25-18)21(32)23-11-14-1-5-15(6-2-14)20-27-29-30-28-20/h1-8,10,12H,9,11H2,(H,23,32)(H,24,25,26,31)(H,27,28,29,30). The van der Waals surface area contributed by atoms with Crippen LogP contribution in [0.1, 0.15) is 21.6 Å². The van der Waals surface area contributed by atoms with Crippen LogP contribution in [0.25, 0.3) is 11.4 Å². The van der Waals surface area contributed by atoms with Crippen LogP contribution < -0.4 is 10.6 Å². The summed E-state index contributed by atoms with van der Waals surface area (Å²) < 4.78 is 13.0. The van der Waals surface area contributed by atoms with Gasteiger partial charge in [0.15, 0.2) is 0 Å². The number of nitrogens with one attached hydrogen (secondary N) is 3. The van der Waals surface area contributed by atoms with E-state index in [1.165, 1.54) is 36.7 Å². The second-order valence-electron chi connectivity index (χ2n) is 6.75. The molecule has 2 aromatic heterocycles. The summed E-state index contributed by atoms with van der Waals surface area (Å²) in [4.78, 5) is 32.6. The maximum absolute atomic E-state index is 13.0. The molecule has 2 heterocycles. The molecule has 0 fully saturated rings. The van der Waals surface area contributed by atoms with E-state index >= 15 is 0 Å². The molecule has 0 radical (unpaired) electrons. The Morgan fingerprint density at radius 3 is 2.44 bits per heavy atom. The Balaban J connectivity index is 1.32. The molecule has 32 heavy (non-hydrogen) atoms. The molecular weight excluding hydrogens is 415 g/mol. The number of benzene rings is 2. The van der Waals surface area contributed by atoms with Gasteiger partial charge in [-0.3, -0.25) is 9.59 Å². The van der Waals surface area contributed by atoms with Gasteiger partial charge in [0.25, 0.3) is 5.91 Å². The van der Waals surface area contributed by atoms with Crippen molar-refractivity contribution in [3.8, 4) is 11.4 Å². The Bertz CT molecular complexity index is 1210. The lowest BCUT2D eigenvalue weighted by Gasteiger charge is -2.08. The van der Waals surface area contributed by atoms with Crippen molar-refractivity contribution < 1.29 is 14.0 Å². The molecule has 0 spiro atoms. The summed E-state index contributed by atoms with van der Waals surface area (Å²) in [5.74, 6) is -0.451. The first-order chi connectivity index (χ1) is 15.6. The zero-order chi connectivity index (χ0) is 22.3. The molecule has 0 saturated carbocycles. The molecule has 0 bridgehead atoms. The average molecular weight is 432 g/mol. The van der Waals surface area contributed by atoms with E-state index in [0.29, 0.717) is 11.4 Å². The molecular formula is C21H17FN8O2. The van der Waals surface area contributed by atoms with Crippen molar-refractivity contribution in [3.05, 3.63) is 83.6 Å². The highest BCUT2D eigenvalue weighted by atomic mass is 19.1. The first-order valence-electron chi connectivity index (χ1n) is 9.54. The minimum atomic E-state index is -0.413. The Hall–Kier alpha value is -4.54. The summed E-state index contributed by atoms with van der Waals surface area (Å²) in [5, 5.41) is 19.1.